The Labute approximate surface area is 129 Å². The lowest BCUT2D eigenvalue weighted by atomic mass is 9.81. The maximum absolute atomic E-state index is 12.7. The predicted octanol–water partition coefficient (Wildman–Crippen LogP) is 1.06. The lowest BCUT2D eigenvalue weighted by Crippen LogP contribution is -2.34. The number of hydrogen-bond donors (Lipinski definition) is 2. The van der Waals surface area contributed by atoms with E-state index in [0.717, 1.165) is 6.54 Å². The Morgan fingerprint density at radius 3 is 2.73 bits per heavy atom. The molecule has 0 saturated carbocycles. The highest BCUT2D eigenvalue weighted by molar-refractivity contribution is 6.02. The first-order valence-electron chi connectivity index (χ1n) is 7.13. The fourth-order valence-electron chi connectivity index (χ4n) is 2.84. The van der Waals surface area contributed by atoms with Crippen LogP contribution in [-0.4, -0.2) is 59.0 Å². The molecule has 1 fully saturated rings. The Morgan fingerprint density at radius 2 is 2.18 bits per heavy atom. The van der Waals surface area contributed by atoms with Crippen LogP contribution in [0.25, 0.3) is 0 Å². The van der Waals surface area contributed by atoms with Crippen molar-refractivity contribution in [1.29, 1.82) is 0 Å². The highest BCUT2D eigenvalue weighted by Crippen LogP contribution is 2.40. The Kier molecular flexibility index (Phi) is 4.15. The van der Waals surface area contributed by atoms with Gasteiger partial charge in [-0.15, -0.1) is 0 Å². The number of rotatable bonds is 4. The van der Waals surface area contributed by atoms with E-state index in [-0.39, 0.29) is 11.8 Å². The summed E-state index contributed by atoms with van der Waals surface area (Å²) in [6, 6.07) is 0. The minimum absolute atomic E-state index is 0.0357. The van der Waals surface area contributed by atoms with Crippen LogP contribution in [0.3, 0.4) is 0 Å². The van der Waals surface area contributed by atoms with E-state index < -0.39 is 11.5 Å². The van der Waals surface area contributed by atoms with Gasteiger partial charge in [-0.25, -0.2) is 4.79 Å². The lowest BCUT2D eigenvalue weighted by Gasteiger charge is -2.25. The first-order chi connectivity index (χ1) is 10.1. The molecule has 0 spiro atoms. The molecule has 2 N–H and O–H groups in total. The van der Waals surface area contributed by atoms with Gasteiger partial charge in [0.15, 0.2) is 5.82 Å². The zero-order valence-electron chi connectivity index (χ0n) is 13.6. The summed E-state index contributed by atoms with van der Waals surface area (Å²) in [5.41, 5.74) is -0.188. The average Bonchev–Trinajstić information content (AvgIpc) is 2.81. The third-order valence-corrected chi connectivity index (χ3v) is 4.11. The van der Waals surface area contributed by atoms with Crippen molar-refractivity contribution < 1.29 is 14.7 Å². The number of aryl methyl sites for hydroxylation is 1. The summed E-state index contributed by atoms with van der Waals surface area (Å²) in [4.78, 5) is 27.3. The van der Waals surface area contributed by atoms with Gasteiger partial charge in [0.2, 0.25) is 5.91 Å². The third kappa shape index (κ3) is 2.92. The van der Waals surface area contributed by atoms with Crippen molar-refractivity contribution in [3.05, 3.63) is 6.20 Å². The zero-order chi connectivity index (χ0) is 16.7. The summed E-state index contributed by atoms with van der Waals surface area (Å²) in [7, 11) is 5.64. The molecule has 0 radical (unpaired) electrons. The van der Waals surface area contributed by atoms with Crippen LogP contribution < -0.4 is 10.2 Å². The molecule has 0 bridgehead atoms. The first kappa shape index (κ1) is 16.3. The van der Waals surface area contributed by atoms with Crippen molar-refractivity contribution in [1.82, 2.24) is 14.7 Å². The smallest absolute Gasteiger partial charge is 0.409 e. The Morgan fingerprint density at radius 1 is 1.55 bits per heavy atom. The standard InChI is InChI=1S/C14H23N5O3/c1-14(2)9(6-17(3)4)7-19(12(14)20)11-10(15-13(21)22)8-18(5)16-11/h8-9,15H,6-7H2,1-5H3,(H,21,22). The summed E-state index contributed by atoms with van der Waals surface area (Å²) >= 11 is 0. The van der Waals surface area contributed by atoms with Gasteiger partial charge in [-0.3, -0.25) is 19.7 Å². The van der Waals surface area contributed by atoms with Gasteiger partial charge >= 0.3 is 6.09 Å². The van der Waals surface area contributed by atoms with Crippen LogP contribution in [0.4, 0.5) is 16.3 Å². The molecule has 1 atom stereocenters. The SMILES string of the molecule is CN(C)CC1CN(c2nn(C)cc2NC(=O)O)C(=O)C1(C)C. The number of carbonyl (C=O) groups excluding carboxylic acids is 1. The molecule has 1 saturated heterocycles. The van der Waals surface area contributed by atoms with Crippen molar-refractivity contribution >= 4 is 23.5 Å². The molecular weight excluding hydrogens is 286 g/mol. The largest absolute Gasteiger partial charge is 0.465 e. The number of nitrogens with zero attached hydrogens (tertiary/aromatic N) is 4. The van der Waals surface area contributed by atoms with Crippen LogP contribution >= 0.6 is 0 Å². The molecule has 8 heteroatoms. The zero-order valence-corrected chi connectivity index (χ0v) is 13.6. The van der Waals surface area contributed by atoms with E-state index in [4.69, 9.17) is 5.11 Å². The van der Waals surface area contributed by atoms with Crippen LogP contribution in [0, 0.1) is 11.3 Å². The van der Waals surface area contributed by atoms with Gasteiger partial charge in [-0.05, 0) is 14.1 Å². The van der Waals surface area contributed by atoms with Gasteiger partial charge in [-0.1, -0.05) is 13.8 Å². The maximum Gasteiger partial charge on any atom is 0.409 e. The monoisotopic (exact) mass is 309 g/mol. The van der Waals surface area contributed by atoms with E-state index in [1.54, 1.807) is 18.1 Å². The highest BCUT2D eigenvalue weighted by Gasteiger charge is 2.48. The maximum atomic E-state index is 12.7. The molecule has 0 aromatic carbocycles. The molecule has 1 unspecified atom stereocenters. The van der Waals surface area contributed by atoms with Crippen molar-refractivity contribution in [3.63, 3.8) is 0 Å². The molecule has 0 aliphatic carbocycles. The predicted molar refractivity (Wildman–Crippen MR) is 83.0 cm³/mol. The molecule has 122 valence electrons. The normalized spacial score (nSPS) is 20.7. The molecule has 8 nitrogen and oxygen atoms in total. The molecule has 2 heterocycles. The molecule has 2 rings (SSSR count). The summed E-state index contributed by atoms with van der Waals surface area (Å²) < 4.78 is 1.50. The second-order valence-corrected chi connectivity index (χ2v) is 6.57. The second kappa shape index (κ2) is 5.60. The molecular formula is C14H23N5O3. The second-order valence-electron chi connectivity index (χ2n) is 6.57. The van der Waals surface area contributed by atoms with Crippen molar-refractivity contribution in [3.8, 4) is 0 Å². The van der Waals surface area contributed by atoms with E-state index in [1.807, 2.05) is 27.9 Å². The highest BCUT2D eigenvalue weighted by atomic mass is 16.4. The Bertz CT molecular complexity index is 593. The van der Waals surface area contributed by atoms with E-state index >= 15 is 0 Å². The minimum Gasteiger partial charge on any atom is -0.465 e. The van der Waals surface area contributed by atoms with Crippen LogP contribution in [0.15, 0.2) is 6.20 Å². The quantitative estimate of drug-likeness (QED) is 0.868. The van der Waals surface area contributed by atoms with Crippen LogP contribution in [0.1, 0.15) is 13.8 Å². The topological polar surface area (TPSA) is 90.7 Å². The van der Waals surface area contributed by atoms with Crippen molar-refractivity contribution in [2.75, 3.05) is 37.4 Å². The van der Waals surface area contributed by atoms with Crippen molar-refractivity contribution in [2.45, 2.75) is 13.8 Å². The van der Waals surface area contributed by atoms with Crippen LogP contribution in [0.2, 0.25) is 0 Å². The number of nitrogens with one attached hydrogen (secondary N) is 1. The van der Waals surface area contributed by atoms with Gasteiger partial charge in [0.05, 0.1) is 6.20 Å². The third-order valence-electron chi connectivity index (χ3n) is 4.11. The lowest BCUT2D eigenvalue weighted by molar-refractivity contribution is -0.125. The first-order valence-corrected chi connectivity index (χ1v) is 7.13. The number of aromatic nitrogens is 2. The van der Waals surface area contributed by atoms with Crippen LogP contribution in [0.5, 0.6) is 0 Å². The summed E-state index contributed by atoms with van der Waals surface area (Å²) in [5, 5.41) is 15.5. The molecule has 1 aromatic rings. The van der Waals surface area contributed by atoms with Gasteiger partial charge in [0, 0.05) is 31.5 Å². The van der Waals surface area contributed by atoms with E-state index in [0.29, 0.717) is 18.1 Å². The number of hydrogen-bond acceptors (Lipinski definition) is 4. The van der Waals surface area contributed by atoms with Crippen LogP contribution in [-0.2, 0) is 11.8 Å². The molecule has 1 aromatic heterocycles. The molecule has 1 aliphatic rings. The van der Waals surface area contributed by atoms with E-state index in [1.165, 1.54) is 4.68 Å². The summed E-state index contributed by atoms with van der Waals surface area (Å²) in [5.74, 6) is 0.477. The van der Waals surface area contributed by atoms with E-state index in [9.17, 15) is 9.59 Å². The number of amides is 2. The number of carbonyl (C=O) groups is 2. The number of anilines is 2. The van der Waals surface area contributed by atoms with Crippen molar-refractivity contribution in [2.24, 2.45) is 18.4 Å². The van der Waals surface area contributed by atoms with Gasteiger partial charge in [-0.2, -0.15) is 5.10 Å². The fraction of sp³-hybridized carbons (Fsp3) is 0.643. The van der Waals surface area contributed by atoms with Gasteiger partial charge in [0.1, 0.15) is 5.69 Å². The van der Waals surface area contributed by atoms with Gasteiger partial charge < -0.3 is 10.0 Å². The van der Waals surface area contributed by atoms with E-state index in [2.05, 4.69) is 15.3 Å². The van der Waals surface area contributed by atoms with Gasteiger partial charge in [0.25, 0.3) is 0 Å². The number of carboxylic acid groups (broad SMARTS) is 1. The fourth-order valence-corrected chi connectivity index (χ4v) is 2.84. The molecule has 1 aliphatic heterocycles. The Balaban J connectivity index is 2.34. The summed E-state index contributed by atoms with van der Waals surface area (Å²) in [6.45, 7) is 5.16. The molecule has 22 heavy (non-hydrogen) atoms. The summed E-state index contributed by atoms with van der Waals surface area (Å²) in [6.07, 6.45) is 0.383. The minimum atomic E-state index is -1.18. The average molecular weight is 309 g/mol. The molecule has 2 amide bonds. The Hall–Kier alpha value is -2.09.